The van der Waals surface area contributed by atoms with E-state index < -0.39 is 11.6 Å². The van der Waals surface area contributed by atoms with E-state index in [9.17, 15) is 18.4 Å². The number of hydrogen-bond donors (Lipinski definition) is 2. The van der Waals surface area contributed by atoms with Gasteiger partial charge in [-0.2, -0.15) is 5.21 Å². The summed E-state index contributed by atoms with van der Waals surface area (Å²) in [5, 5.41) is 17.6. The Bertz CT molecular complexity index is 1210. The van der Waals surface area contributed by atoms with Crippen molar-refractivity contribution in [1.29, 1.82) is 0 Å². The fourth-order valence-electron chi connectivity index (χ4n) is 2.81. The van der Waals surface area contributed by atoms with Crippen LogP contribution in [0.25, 0.3) is 17.2 Å². The van der Waals surface area contributed by atoms with Gasteiger partial charge in [0.05, 0.1) is 11.4 Å². The third-order valence-electron chi connectivity index (χ3n) is 4.41. The van der Waals surface area contributed by atoms with Crippen LogP contribution in [-0.4, -0.2) is 48.2 Å². The minimum atomic E-state index is -0.919. The smallest absolute Gasteiger partial charge is 0.266 e. The second-order valence-electron chi connectivity index (χ2n) is 6.55. The summed E-state index contributed by atoms with van der Waals surface area (Å²) in [6, 6.07) is 5.48. The first kappa shape index (κ1) is 22.2. The molecular formula is C19H14F2N6O2S3. The van der Waals surface area contributed by atoms with Crippen LogP contribution in [0.5, 0.6) is 0 Å². The van der Waals surface area contributed by atoms with Gasteiger partial charge in [-0.1, -0.05) is 35.3 Å². The van der Waals surface area contributed by atoms with Crippen molar-refractivity contribution in [3.05, 3.63) is 56.9 Å². The maximum atomic E-state index is 13.5. The number of aromatic amines is 1. The van der Waals surface area contributed by atoms with Gasteiger partial charge in [0.25, 0.3) is 5.91 Å². The van der Waals surface area contributed by atoms with Crippen molar-refractivity contribution in [3.8, 4) is 11.1 Å². The molecule has 4 rings (SSSR count). The molecule has 32 heavy (non-hydrogen) atoms. The van der Waals surface area contributed by atoms with Crippen molar-refractivity contribution in [3.63, 3.8) is 0 Å². The van der Waals surface area contributed by atoms with Crippen LogP contribution in [0, 0.1) is 11.6 Å². The van der Waals surface area contributed by atoms with E-state index >= 15 is 0 Å². The SMILES string of the molecule is O=C(CCN1C(=O)/C(=C/c2cc(-c3ccc(F)c(F)c3)cs2)SC1=S)NCc1nn[nH]n1. The van der Waals surface area contributed by atoms with Crippen LogP contribution in [0.3, 0.4) is 0 Å². The van der Waals surface area contributed by atoms with E-state index in [4.69, 9.17) is 12.2 Å². The number of carbonyl (C=O) groups is 2. The molecule has 8 nitrogen and oxygen atoms in total. The molecule has 1 fully saturated rings. The number of aromatic nitrogens is 4. The predicted octanol–water partition coefficient (Wildman–Crippen LogP) is 3.11. The first-order chi connectivity index (χ1) is 15.4. The second-order valence-corrected chi connectivity index (χ2v) is 9.17. The van der Waals surface area contributed by atoms with Crippen LogP contribution in [0.15, 0.2) is 34.6 Å². The van der Waals surface area contributed by atoms with E-state index in [0.29, 0.717) is 26.2 Å². The lowest BCUT2D eigenvalue weighted by Crippen LogP contribution is -2.33. The van der Waals surface area contributed by atoms with Gasteiger partial charge in [-0.05, 0) is 40.8 Å². The molecule has 0 aliphatic carbocycles. The topological polar surface area (TPSA) is 104 Å². The highest BCUT2D eigenvalue weighted by Crippen LogP contribution is 2.35. The molecule has 13 heteroatoms. The highest BCUT2D eigenvalue weighted by molar-refractivity contribution is 8.26. The molecule has 0 bridgehead atoms. The molecule has 1 aliphatic rings. The number of amides is 2. The van der Waals surface area contributed by atoms with Crippen molar-refractivity contribution >= 4 is 57.5 Å². The Kier molecular flexibility index (Phi) is 6.67. The highest BCUT2D eigenvalue weighted by atomic mass is 32.2. The maximum Gasteiger partial charge on any atom is 0.266 e. The first-order valence-corrected chi connectivity index (χ1v) is 11.3. The Labute approximate surface area is 194 Å². The number of nitrogens with one attached hydrogen (secondary N) is 2. The first-order valence-electron chi connectivity index (χ1n) is 9.19. The molecule has 0 unspecified atom stereocenters. The normalized spacial score (nSPS) is 15.1. The van der Waals surface area contributed by atoms with Crippen LogP contribution in [0.2, 0.25) is 0 Å². The second kappa shape index (κ2) is 9.63. The fraction of sp³-hybridized carbons (Fsp3) is 0.158. The summed E-state index contributed by atoms with van der Waals surface area (Å²) in [4.78, 5) is 27.3. The Hall–Kier alpha value is -3.03. The zero-order valence-corrected chi connectivity index (χ0v) is 18.6. The number of halogens is 2. The zero-order chi connectivity index (χ0) is 22.7. The van der Waals surface area contributed by atoms with Gasteiger partial charge in [0, 0.05) is 17.8 Å². The lowest BCUT2D eigenvalue weighted by molar-refractivity contribution is -0.124. The predicted molar refractivity (Wildman–Crippen MR) is 120 cm³/mol. The molecule has 164 valence electrons. The van der Waals surface area contributed by atoms with E-state index in [2.05, 4.69) is 25.9 Å². The number of thiophene rings is 1. The number of carbonyl (C=O) groups excluding carboxylic acids is 2. The fourth-order valence-corrected chi connectivity index (χ4v) is 5.04. The largest absolute Gasteiger partial charge is 0.349 e. The summed E-state index contributed by atoms with van der Waals surface area (Å²) < 4.78 is 27.0. The third-order valence-corrected chi connectivity index (χ3v) is 6.67. The monoisotopic (exact) mass is 492 g/mol. The Balaban J connectivity index is 1.37. The van der Waals surface area contributed by atoms with Gasteiger partial charge in [0.2, 0.25) is 5.91 Å². The van der Waals surface area contributed by atoms with Gasteiger partial charge < -0.3 is 5.32 Å². The van der Waals surface area contributed by atoms with Crippen molar-refractivity contribution in [1.82, 2.24) is 30.8 Å². The van der Waals surface area contributed by atoms with E-state index in [1.54, 1.807) is 17.5 Å². The summed E-state index contributed by atoms with van der Waals surface area (Å²) in [7, 11) is 0. The van der Waals surface area contributed by atoms with Crippen molar-refractivity contribution in [2.45, 2.75) is 13.0 Å². The maximum absolute atomic E-state index is 13.5. The number of rotatable bonds is 7. The van der Waals surface area contributed by atoms with Crippen molar-refractivity contribution in [2.75, 3.05) is 6.54 Å². The molecule has 1 aromatic carbocycles. The Morgan fingerprint density at radius 3 is 2.84 bits per heavy atom. The summed E-state index contributed by atoms with van der Waals surface area (Å²) in [6.07, 6.45) is 1.76. The molecule has 2 amide bonds. The van der Waals surface area contributed by atoms with Gasteiger partial charge in [-0.25, -0.2) is 8.78 Å². The highest BCUT2D eigenvalue weighted by Gasteiger charge is 2.32. The number of thioether (sulfide) groups is 1. The Morgan fingerprint density at radius 1 is 1.25 bits per heavy atom. The quantitative estimate of drug-likeness (QED) is 0.386. The average molecular weight is 493 g/mol. The summed E-state index contributed by atoms with van der Waals surface area (Å²) >= 11 is 7.81. The van der Waals surface area contributed by atoms with E-state index in [0.717, 1.165) is 28.8 Å². The van der Waals surface area contributed by atoms with E-state index in [-0.39, 0.29) is 31.3 Å². The van der Waals surface area contributed by atoms with Gasteiger partial charge in [-0.15, -0.1) is 21.5 Å². The Morgan fingerprint density at radius 2 is 2.09 bits per heavy atom. The standard InChI is InChI=1S/C19H14F2N6O2S3/c20-13-2-1-10(6-14(13)21)11-5-12(31-9-11)7-15-18(29)27(19(30)32-15)4-3-17(28)22-8-16-23-25-26-24-16/h1-2,5-7,9H,3-4,8H2,(H,22,28)(H,23,24,25,26)/b15-7-. The van der Waals surface area contributed by atoms with Gasteiger partial charge in [0.1, 0.15) is 4.32 Å². The van der Waals surface area contributed by atoms with E-state index in [1.807, 2.05) is 0 Å². The molecule has 0 atom stereocenters. The molecule has 1 aliphatic heterocycles. The van der Waals surface area contributed by atoms with Crippen LogP contribution < -0.4 is 5.32 Å². The lowest BCUT2D eigenvalue weighted by Gasteiger charge is -2.13. The number of nitrogens with zero attached hydrogens (tertiary/aromatic N) is 4. The number of tetrazole rings is 1. The molecule has 3 heterocycles. The van der Waals surface area contributed by atoms with Crippen LogP contribution in [0.4, 0.5) is 8.78 Å². The molecule has 2 N–H and O–H groups in total. The minimum absolute atomic E-state index is 0.0663. The van der Waals surface area contributed by atoms with Crippen molar-refractivity contribution < 1.29 is 18.4 Å². The van der Waals surface area contributed by atoms with Gasteiger partial charge >= 0.3 is 0 Å². The summed E-state index contributed by atoms with van der Waals surface area (Å²) in [5.41, 5.74) is 1.26. The molecule has 0 radical (unpaired) electrons. The molecule has 2 aromatic heterocycles. The number of thiocarbonyl (C=S) groups is 1. The van der Waals surface area contributed by atoms with Crippen molar-refractivity contribution in [2.24, 2.45) is 0 Å². The van der Waals surface area contributed by atoms with Gasteiger partial charge in [0.15, 0.2) is 17.5 Å². The number of benzene rings is 1. The average Bonchev–Trinajstić information content (AvgIpc) is 3.50. The van der Waals surface area contributed by atoms with Crippen LogP contribution in [-0.2, 0) is 16.1 Å². The molecule has 0 saturated carbocycles. The molecule has 0 spiro atoms. The summed E-state index contributed by atoms with van der Waals surface area (Å²) in [6.45, 7) is 0.275. The van der Waals surface area contributed by atoms with E-state index in [1.165, 1.54) is 22.3 Å². The molecular weight excluding hydrogens is 478 g/mol. The van der Waals surface area contributed by atoms with Crippen LogP contribution >= 0.6 is 35.3 Å². The number of hydrogen-bond acceptors (Lipinski definition) is 8. The zero-order valence-electron chi connectivity index (χ0n) is 16.2. The molecule has 3 aromatic rings. The van der Waals surface area contributed by atoms with Gasteiger partial charge in [-0.3, -0.25) is 14.5 Å². The van der Waals surface area contributed by atoms with Crippen LogP contribution in [0.1, 0.15) is 17.1 Å². The third kappa shape index (κ3) is 5.06. The molecule has 1 saturated heterocycles. The number of H-pyrrole nitrogens is 1. The minimum Gasteiger partial charge on any atom is -0.349 e. The lowest BCUT2D eigenvalue weighted by atomic mass is 10.1. The summed E-state index contributed by atoms with van der Waals surface area (Å²) in [5.74, 6) is -2.03.